The summed E-state index contributed by atoms with van der Waals surface area (Å²) < 4.78 is 0. The van der Waals surface area contributed by atoms with Gasteiger partial charge in [-0.3, -0.25) is 9.78 Å². The van der Waals surface area contributed by atoms with E-state index in [4.69, 9.17) is 5.73 Å². The van der Waals surface area contributed by atoms with Crippen molar-refractivity contribution >= 4 is 28.6 Å². The molecule has 1 aliphatic rings. The maximum absolute atomic E-state index is 11.3. The molecule has 0 saturated heterocycles. The third-order valence-corrected chi connectivity index (χ3v) is 4.82. The molecule has 2 atom stereocenters. The number of hydrogen-bond acceptors (Lipinski definition) is 4. The molecule has 0 spiro atoms. The number of pyridine rings is 1. The molecule has 0 aliphatic carbocycles. The lowest BCUT2D eigenvalue weighted by molar-refractivity contribution is -0.137. The van der Waals surface area contributed by atoms with E-state index in [9.17, 15) is 9.90 Å². The maximum Gasteiger partial charge on any atom is 0.319 e. The van der Waals surface area contributed by atoms with E-state index in [1.807, 2.05) is 24.3 Å². The van der Waals surface area contributed by atoms with Crippen molar-refractivity contribution in [2.45, 2.75) is 22.6 Å². The van der Waals surface area contributed by atoms with Crippen molar-refractivity contribution in [3.8, 4) is 0 Å². The summed E-state index contributed by atoms with van der Waals surface area (Å²) >= 11 is 1.31. The van der Waals surface area contributed by atoms with Crippen LogP contribution in [0.15, 0.2) is 35.4 Å². The molecule has 0 saturated carbocycles. The van der Waals surface area contributed by atoms with E-state index in [1.165, 1.54) is 11.8 Å². The maximum atomic E-state index is 11.3. The van der Waals surface area contributed by atoms with Gasteiger partial charge in [0.2, 0.25) is 0 Å². The minimum atomic E-state index is -0.881. The van der Waals surface area contributed by atoms with Crippen molar-refractivity contribution in [2.24, 2.45) is 5.73 Å². The average molecular weight is 260 g/mol. The molecule has 18 heavy (non-hydrogen) atoms. The van der Waals surface area contributed by atoms with Gasteiger partial charge in [-0.2, -0.15) is 0 Å². The van der Waals surface area contributed by atoms with Crippen LogP contribution in [0, 0.1) is 0 Å². The molecular formula is C13H12N2O2S. The standard InChI is InChI=1S/C13H12N2O2S/c1-13(14)10-7-3-2-6-15-8(7)4-5-9(10)18-11(13)12(16)17/h2-6,11H,14H2,1H3,(H,16,17). The largest absolute Gasteiger partial charge is 0.480 e. The first-order chi connectivity index (χ1) is 8.51. The summed E-state index contributed by atoms with van der Waals surface area (Å²) in [6, 6.07) is 7.60. The lowest BCUT2D eigenvalue weighted by Gasteiger charge is -2.24. The zero-order valence-electron chi connectivity index (χ0n) is 9.75. The molecule has 1 aliphatic heterocycles. The number of carboxylic acids is 1. The number of carboxylic acid groups (broad SMARTS) is 1. The van der Waals surface area contributed by atoms with Gasteiger partial charge in [-0.1, -0.05) is 6.07 Å². The van der Waals surface area contributed by atoms with Gasteiger partial charge in [-0.05, 0) is 30.7 Å². The Labute approximate surface area is 108 Å². The van der Waals surface area contributed by atoms with Crippen LogP contribution in [0.3, 0.4) is 0 Å². The summed E-state index contributed by atoms with van der Waals surface area (Å²) in [6.07, 6.45) is 1.72. The molecular weight excluding hydrogens is 248 g/mol. The number of nitrogens with zero attached hydrogens (tertiary/aromatic N) is 1. The molecule has 0 fully saturated rings. The Kier molecular flexibility index (Phi) is 2.36. The van der Waals surface area contributed by atoms with E-state index in [0.29, 0.717) is 0 Å². The number of fused-ring (bicyclic) bond motifs is 3. The molecule has 0 radical (unpaired) electrons. The highest BCUT2D eigenvalue weighted by Crippen LogP contribution is 2.49. The summed E-state index contributed by atoms with van der Waals surface area (Å²) in [6.45, 7) is 1.77. The Bertz CT molecular complexity index is 654. The van der Waals surface area contributed by atoms with Crippen LogP contribution >= 0.6 is 11.8 Å². The lowest BCUT2D eigenvalue weighted by Crippen LogP contribution is -2.44. The predicted molar refractivity (Wildman–Crippen MR) is 70.6 cm³/mol. The monoisotopic (exact) mass is 260 g/mol. The molecule has 1 aromatic heterocycles. The van der Waals surface area contributed by atoms with Crippen LogP contribution in [-0.4, -0.2) is 21.3 Å². The Morgan fingerprint density at radius 2 is 2.28 bits per heavy atom. The van der Waals surface area contributed by atoms with Gasteiger partial charge < -0.3 is 10.8 Å². The Morgan fingerprint density at radius 3 is 3.00 bits per heavy atom. The molecule has 0 bridgehead atoms. The molecule has 5 heteroatoms. The van der Waals surface area contributed by atoms with Crippen molar-refractivity contribution in [1.82, 2.24) is 4.98 Å². The van der Waals surface area contributed by atoms with Gasteiger partial charge in [-0.15, -0.1) is 11.8 Å². The van der Waals surface area contributed by atoms with E-state index in [2.05, 4.69) is 4.98 Å². The van der Waals surface area contributed by atoms with Crippen LogP contribution in [-0.2, 0) is 10.3 Å². The first kappa shape index (κ1) is 11.5. The fourth-order valence-corrected chi connectivity index (χ4v) is 3.79. The minimum Gasteiger partial charge on any atom is -0.480 e. The van der Waals surface area contributed by atoms with Crippen molar-refractivity contribution in [3.05, 3.63) is 36.0 Å². The van der Waals surface area contributed by atoms with Gasteiger partial charge >= 0.3 is 5.97 Å². The smallest absolute Gasteiger partial charge is 0.319 e. The molecule has 92 valence electrons. The first-order valence-corrected chi connectivity index (χ1v) is 6.46. The highest BCUT2D eigenvalue weighted by atomic mass is 32.2. The number of benzene rings is 1. The molecule has 4 nitrogen and oxygen atoms in total. The van der Waals surface area contributed by atoms with E-state index >= 15 is 0 Å². The molecule has 2 aromatic rings. The molecule has 2 heterocycles. The predicted octanol–water partition coefficient (Wildman–Crippen LogP) is 1.97. The molecule has 3 rings (SSSR count). The van der Waals surface area contributed by atoms with Crippen LogP contribution in [0.5, 0.6) is 0 Å². The van der Waals surface area contributed by atoms with Gasteiger partial charge in [-0.25, -0.2) is 0 Å². The van der Waals surface area contributed by atoms with Gasteiger partial charge in [0.25, 0.3) is 0 Å². The number of hydrogen-bond donors (Lipinski definition) is 2. The van der Waals surface area contributed by atoms with Gasteiger partial charge in [0, 0.05) is 16.5 Å². The van der Waals surface area contributed by atoms with E-state index in [-0.39, 0.29) is 0 Å². The second-order valence-corrected chi connectivity index (χ2v) is 5.77. The molecule has 0 amide bonds. The van der Waals surface area contributed by atoms with Crippen molar-refractivity contribution < 1.29 is 9.90 Å². The summed E-state index contributed by atoms with van der Waals surface area (Å²) in [5.74, 6) is -0.877. The quantitative estimate of drug-likeness (QED) is 0.819. The number of rotatable bonds is 1. The topological polar surface area (TPSA) is 76.2 Å². The second kappa shape index (κ2) is 3.70. The van der Waals surface area contributed by atoms with Crippen molar-refractivity contribution in [2.75, 3.05) is 0 Å². The number of aromatic nitrogens is 1. The normalized spacial score (nSPS) is 26.2. The fourth-order valence-electron chi connectivity index (χ4n) is 2.47. The minimum absolute atomic E-state index is 0.654. The molecule has 3 N–H and O–H groups in total. The fraction of sp³-hybridized carbons (Fsp3) is 0.231. The van der Waals surface area contributed by atoms with Crippen molar-refractivity contribution in [1.29, 1.82) is 0 Å². The zero-order chi connectivity index (χ0) is 12.9. The Hall–Kier alpha value is -1.59. The van der Waals surface area contributed by atoms with Crippen LogP contribution in [0.25, 0.3) is 10.9 Å². The van der Waals surface area contributed by atoms with Gasteiger partial charge in [0.15, 0.2) is 0 Å². The van der Waals surface area contributed by atoms with Crippen LogP contribution in [0.1, 0.15) is 12.5 Å². The lowest BCUT2D eigenvalue weighted by atomic mass is 9.87. The molecule has 1 aromatic carbocycles. The van der Waals surface area contributed by atoms with E-state index < -0.39 is 16.8 Å². The zero-order valence-corrected chi connectivity index (χ0v) is 10.6. The van der Waals surface area contributed by atoms with Crippen LogP contribution in [0.2, 0.25) is 0 Å². The van der Waals surface area contributed by atoms with E-state index in [1.54, 1.807) is 13.1 Å². The van der Waals surface area contributed by atoms with Gasteiger partial charge in [0.1, 0.15) is 5.25 Å². The van der Waals surface area contributed by atoms with Crippen LogP contribution in [0.4, 0.5) is 0 Å². The summed E-state index contributed by atoms with van der Waals surface area (Å²) in [7, 11) is 0. The first-order valence-electron chi connectivity index (χ1n) is 5.58. The summed E-state index contributed by atoms with van der Waals surface area (Å²) in [4.78, 5) is 16.5. The summed E-state index contributed by atoms with van der Waals surface area (Å²) in [5.41, 5.74) is 7.13. The average Bonchev–Trinajstić information content (AvgIpc) is 2.61. The second-order valence-electron chi connectivity index (χ2n) is 4.63. The Morgan fingerprint density at radius 1 is 1.50 bits per heavy atom. The SMILES string of the molecule is CC1(N)c2c(ccc3ncccc23)SC1C(=O)O. The third-order valence-electron chi connectivity index (χ3n) is 3.30. The Balaban J connectivity index is 2.31. The summed E-state index contributed by atoms with van der Waals surface area (Å²) in [5, 5.41) is 9.56. The number of thioether (sulfide) groups is 1. The number of aliphatic carboxylic acids is 1. The highest BCUT2D eigenvalue weighted by Gasteiger charge is 2.46. The number of carbonyl (C=O) groups is 1. The van der Waals surface area contributed by atoms with Gasteiger partial charge in [0.05, 0.1) is 11.1 Å². The van der Waals surface area contributed by atoms with E-state index in [0.717, 1.165) is 21.4 Å². The highest BCUT2D eigenvalue weighted by molar-refractivity contribution is 8.01. The molecule has 2 unspecified atom stereocenters. The number of nitrogens with two attached hydrogens (primary N) is 1. The third kappa shape index (κ3) is 1.44. The van der Waals surface area contributed by atoms with Crippen LogP contribution < -0.4 is 5.73 Å². The van der Waals surface area contributed by atoms with Crippen molar-refractivity contribution in [3.63, 3.8) is 0 Å².